The molecule has 0 aromatic heterocycles. The number of aliphatic hydroxyl groups excluding tert-OH is 2. The van der Waals surface area contributed by atoms with Gasteiger partial charge in [0, 0.05) is 12.8 Å². The van der Waals surface area contributed by atoms with E-state index in [1.165, 1.54) is 135 Å². The molecule has 0 spiro atoms. The first-order valence-electron chi connectivity index (χ1n) is 23.3. The summed E-state index contributed by atoms with van der Waals surface area (Å²) in [6.45, 7) is 4.80. The minimum atomic E-state index is -0.852. The van der Waals surface area contributed by atoms with Crippen molar-refractivity contribution in [3.8, 4) is 0 Å². The van der Waals surface area contributed by atoms with Crippen LogP contribution in [-0.4, -0.2) is 47.4 Å². The summed E-state index contributed by atoms with van der Waals surface area (Å²) in [5, 5.41) is 22.9. The van der Waals surface area contributed by atoms with Crippen LogP contribution in [0.2, 0.25) is 0 Å². The Hall–Kier alpha value is -1.92. The number of hydrogen-bond acceptors (Lipinski definition) is 5. The first-order chi connectivity index (χ1) is 26.5. The minimum absolute atomic E-state index is 0.0226. The Labute approximate surface area is 334 Å². The summed E-state index contributed by atoms with van der Waals surface area (Å²) >= 11 is 0. The number of carbonyl (C=O) groups excluding carboxylic acids is 2. The molecule has 6 heteroatoms. The predicted octanol–water partition coefficient (Wildman–Crippen LogP) is 13.3. The largest absolute Gasteiger partial charge is 0.466 e. The third-order valence-electron chi connectivity index (χ3n) is 10.4. The zero-order chi connectivity index (χ0) is 39.4. The highest BCUT2D eigenvalue weighted by molar-refractivity contribution is 5.76. The lowest BCUT2D eigenvalue weighted by Crippen LogP contribution is -2.45. The number of amides is 1. The molecule has 6 nitrogen and oxygen atoms in total. The Morgan fingerprint density at radius 1 is 0.500 bits per heavy atom. The van der Waals surface area contributed by atoms with Gasteiger partial charge in [-0.25, -0.2) is 0 Å². The van der Waals surface area contributed by atoms with E-state index in [1.54, 1.807) is 6.08 Å². The molecule has 3 N–H and O–H groups in total. The monoisotopic (exact) mass is 760 g/mol. The normalized spacial score (nSPS) is 13.0. The van der Waals surface area contributed by atoms with Crippen molar-refractivity contribution in [1.82, 2.24) is 5.32 Å². The van der Waals surface area contributed by atoms with E-state index in [1.807, 2.05) is 6.08 Å². The van der Waals surface area contributed by atoms with E-state index in [9.17, 15) is 19.8 Å². The first-order valence-corrected chi connectivity index (χ1v) is 23.3. The third-order valence-corrected chi connectivity index (χ3v) is 10.4. The fourth-order valence-corrected chi connectivity index (χ4v) is 6.74. The van der Waals surface area contributed by atoms with Crippen LogP contribution in [0.3, 0.4) is 0 Å². The number of ether oxygens (including phenoxy) is 1. The van der Waals surface area contributed by atoms with Gasteiger partial charge in [0.15, 0.2) is 0 Å². The summed E-state index contributed by atoms with van der Waals surface area (Å²) in [6.07, 6.45) is 51.3. The van der Waals surface area contributed by atoms with Crippen LogP contribution in [0.1, 0.15) is 232 Å². The predicted molar refractivity (Wildman–Crippen MR) is 232 cm³/mol. The lowest BCUT2D eigenvalue weighted by atomic mass is 10.1. The number of unbranched alkanes of at least 4 members (excludes halogenated alkanes) is 27. The first kappa shape index (κ1) is 52.1. The van der Waals surface area contributed by atoms with Gasteiger partial charge < -0.3 is 20.3 Å². The third kappa shape index (κ3) is 39.8. The Kier molecular flexibility index (Phi) is 42.2. The quantitative estimate of drug-likeness (QED) is 0.0327. The topological polar surface area (TPSA) is 95.9 Å². The van der Waals surface area contributed by atoms with E-state index >= 15 is 0 Å². The smallest absolute Gasteiger partial charge is 0.305 e. The van der Waals surface area contributed by atoms with Gasteiger partial charge >= 0.3 is 5.97 Å². The van der Waals surface area contributed by atoms with Crippen molar-refractivity contribution in [1.29, 1.82) is 0 Å². The summed E-state index contributed by atoms with van der Waals surface area (Å²) in [5.41, 5.74) is 0. The SMILES string of the molecule is CCCCC/C=C\CCCCCCCC(=O)OCCCCCC/C=C\CCCCCCCCCC(=O)NC(CO)C(O)/C=C/CCCCCCCCCC. The molecule has 0 saturated carbocycles. The van der Waals surface area contributed by atoms with Crippen LogP contribution in [0.25, 0.3) is 0 Å². The summed E-state index contributed by atoms with van der Waals surface area (Å²) < 4.78 is 5.43. The highest BCUT2D eigenvalue weighted by Gasteiger charge is 2.18. The minimum Gasteiger partial charge on any atom is -0.466 e. The number of rotatable bonds is 42. The summed E-state index contributed by atoms with van der Waals surface area (Å²) in [4.78, 5) is 24.3. The average Bonchev–Trinajstić information content (AvgIpc) is 3.17. The second-order valence-electron chi connectivity index (χ2n) is 15.7. The second-order valence-corrected chi connectivity index (χ2v) is 15.7. The van der Waals surface area contributed by atoms with Gasteiger partial charge in [0.1, 0.15) is 0 Å². The maximum absolute atomic E-state index is 12.4. The molecule has 0 saturated heterocycles. The molecular weight excluding hydrogens is 671 g/mol. The van der Waals surface area contributed by atoms with Gasteiger partial charge in [-0.15, -0.1) is 0 Å². The van der Waals surface area contributed by atoms with Crippen LogP contribution in [0.4, 0.5) is 0 Å². The Morgan fingerprint density at radius 2 is 0.870 bits per heavy atom. The van der Waals surface area contributed by atoms with Gasteiger partial charge in [0.2, 0.25) is 5.91 Å². The number of allylic oxidation sites excluding steroid dienone is 5. The lowest BCUT2D eigenvalue weighted by molar-refractivity contribution is -0.143. The van der Waals surface area contributed by atoms with Gasteiger partial charge in [-0.1, -0.05) is 172 Å². The molecule has 0 aliphatic rings. The summed E-state index contributed by atoms with van der Waals surface area (Å²) in [6, 6.07) is -0.637. The van der Waals surface area contributed by atoms with E-state index < -0.39 is 12.1 Å². The molecular formula is C48H89NO5. The van der Waals surface area contributed by atoms with E-state index in [4.69, 9.17) is 4.74 Å². The average molecular weight is 760 g/mol. The Bertz CT molecular complexity index is 884. The van der Waals surface area contributed by atoms with Crippen molar-refractivity contribution in [3.05, 3.63) is 36.5 Å². The lowest BCUT2D eigenvalue weighted by Gasteiger charge is -2.20. The Morgan fingerprint density at radius 3 is 1.35 bits per heavy atom. The van der Waals surface area contributed by atoms with Crippen molar-refractivity contribution in [3.63, 3.8) is 0 Å². The second kappa shape index (κ2) is 43.8. The van der Waals surface area contributed by atoms with Gasteiger partial charge in [0.25, 0.3) is 0 Å². The highest BCUT2D eigenvalue weighted by atomic mass is 16.5. The van der Waals surface area contributed by atoms with E-state index in [0.717, 1.165) is 70.6 Å². The van der Waals surface area contributed by atoms with Crippen molar-refractivity contribution >= 4 is 11.9 Å². The number of nitrogens with one attached hydrogen (secondary N) is 1. The van der Waals surface area contributed by atoms with E-state index in [-0.39, 0.29) is 18.5 Å². The van der Waals surface area contributed by atoms with Gasteiger partial charge in [-0.05, 0) is 83.5 Å². The van der Waals surface area contributed by atoms with Crippen LogP contribution in [0, 0.1) is 0 Å². The standard InChI is InChI=1S/C48H89NO5/c1-3-5-7-9-11-13-15-22-26-30-34-38-42-48(53)54-43-39-35-31-27-23-20-18-16-17-19-21-25-29-33-37-41-47(52)49-45(44-50)46(51)40-36-32-28-24-14-12-10-8-6-4-2/h11,13,18,20,36,40,45-46,50-51H,3-10,12,14-17,19,21-35,37-39,41-44H2,1-2H3,(H,49,52)/b13-11-,20-18-,40-36+. The van der Waals surface area contributed by atoms with Crippen molar-refractivity contribution in [2.75, 3.05) is 13.2 Å². The van der Waals surface area contributed by atoms with Crippen molar-refractivity contribution < 1.29 is 24.5 Å². The zero-order valence-corrected chi connectivity index (χ0v) is 35.7. The van der Waals surface area contributed by atoms with Crippen LogP contribution >= 0.6 is 0 Å². The highest BCUT2D eigenvalue weighted by Crippen LogP contribution is 2.13. The maximum Gasteiger partial charge on any atom is 0.305 e. The molecule has 0 aliphatic carbocycles. The van der Waals surface area contributed by atoms with Crippen LogP contribution in [0.5, 0.6) is 0 Å². The molecule has 0 fully saturated rings. The summed E-state index contributed by atoms with van der Waals surface area (Å²) in [5.74, 6) is -0.110. The molecule has 2 atom stereocenters. The molecule has 0 heterocycles. The molecule has 2 unspecified atom stereocenters. The zero-order valence-electron chi connectivity index (χ0n) is 35.7. The molecule has 316 valence electrons. The molecule has 0 radical (unpaired) electrons. The number of esters is 1. The van der Waals surface area contributed by atoms with Gasteiger partial charge in [-0.2, -0.15) is 0 Å². The fraction of sp³-hybridized carbons (Fsp3) is 0.833. The number of aliphatic hydroxyl groups is 2. The molecule has 0 bridgehead atoms. The number of hydrogen-bond donors (Lipinski definition) is 3. The number of carbonyl (C=O) groups is 2. The molecule has 54 heavy (non-hydrogen) atoms. The van der Waals surface area contributed by atoms with E-state index in [2.05, 4.69) is 43.5 Å². The van der Waals surface area contributed by atoms with Crippen molar-refractivity contribution in [2.24, 2.45) is 0 Å². The van der Waals surface area contributed by atoms with Crippen LogP contribution in [0.15, 0.2) is 36.5 Å². The molecule has 1 amide bonds. The van der Waals surface area contributed by atoms with Crippen molar-refractivity contribution in [2.45, 2.75) is 244 Å². The Balaban J connectivity index is 3.51. The molecule has 0 aromatic rings. The summed E-state index contributed by atoms with van der Waals surface area (Å²) in [7, 11) is 0. The molecule has 0 aromatic carbocycles. The molecule has 0 rings (SSSR count). The van der Waals surface area contributed by atoms with Crippen LogP contribution in [-0.2, 0) is 14.3 Å². The van der Waals surface area contributed by atoms with Gasteiger partial charge in [-0.3, -0.25) is 9.59 Å². The fourth-order valence-electron chi connectivity index (χ4n) is 6.74. The van der Waals surface area contributed by atoms with Crippen LogP contribution < -0.4 is 5.32 Å². The van der Waals surface area contributed by atoms with E-state index in [0.29, 0.717) is 19.4 Å². The molecule has 0 aliphatic heterocycles. The maximum atomic E-state index is 12.4. The van der Waals surface area contributed by atoms with Gasteiger partial charge in [0.05, 0.1) is 25.4 Å².